The Morgan fingerprint density at radius 1 is 1.20 bits per heavy atom. The van der Waals surface area contributed by atoms with Crippen molar-refractivity contribution < 1.29 is 13.9 Å². The normalized spacial score (nSPS) is 20.8. The molecule has 25 heavy (non-hydrogen) atoms. The van der Waals surface area contributed by atoms with E-state index in [-0.39, 0.29) is 18.1 Å². The van der Waals surface area contributed by atoms with Gasteiger partial charge in [-0.2, -0.15) is 0 Å². The summed E-state index contributed by atoms with van der Waals surface area (Å²) in [5.41, 5.74) is 3.32. The minimum absolute atomic E-state index is 0.00429. The van der Waals surface area contributed by atoms with Crippen LogP contribution >= 0.6 is 0 Å². The van der Waals surface area contributed by atoms with Crippen molar-refractivity contribution in [1.29, 1.82) is 0 Å². The Morgan fingerprint density at radius 2 is 2.00 bits per heavy atom. The zero-order valence-electron chi connectivity index (χ0n) is 14.3. The summed E-state index contributed by atoms with van der Waals surface area (Å²) in [6.45, 7) is 4.92. The zero-order valence-corrected chi connectivity index (χ0v) is 14.3. The fourth-order valence-electron chi connectivity index (χ4n) is 3.18. The quantitative estimate of drug-likeness (QED) is 0.715. The van der Waals surface area contributed by atoms with E-state index in [2.05, 4.69) is 4.98 Å². The molecule has 0 bridgehead atoms. The Bertz CT molecular complexity index is 904. The van der Waals surface area contributed by atoms with Crippen molar-refractivity contribution in [2.75, 3.05) is 13.2 Å². The minimum atomic E-state index is -0.119. The molecule has 1 amide bonds. The number of fused-ring (bicyclic) bond motifs is 1. The summed E-state index contributed by atoms with van der Waals surface area (Å²) in [5, 5.41) is 0. The van der Waals surface area contributed by atoms with Crippen molar-refractivity contribution in [1.82, 2.24) is 9.88 Å². The smallest absolute Gasteiger partial charge is 0.290 e. The van der Waals surface area contributed by atoms with Crippen LogP contribution in [0.15, 0.2) is 52.9 Å². The minimum Gasteiger partial charge on any atom is -0.449 e. The molecule has 1 aliphatic rings. The second kappa shape index (κ2) is 6.33. The van der Waals surface area contributed by atoms with Gasteiger partial charge in [-0.1, -0.05) is 30.3 Å². The number of aromatic nitrogens is 1. The number of carbonyl (C=O) groups excluding carboxylic acids is 1. The molecule has 128 valence electrons. The van der Waals surface area contributed by atoms with Crippen molar-refractivity contribution in [3.05, 3.63) is 65.5 Å². The van der Waals surface area contributed by atoms with Crippen molar-refractivity contribution in [3.8, 4) is 0 Å². The Morgan fingerprint density at radius 3 is 2.80 bits per heavy atom. The maximum absolute atomic E-state index is 13.0. The molecule has 4 rings (SSSR count). The lowest BCUT2D eigenvalue weighted by Gasteiger charge is -2.37. The van der Waals surface area contributed by atoms with Crippen LogP contribution in [0.2, 0.25) is 0 Å². The van der Waals surface area contributed by atoms with Crippen LogP contribution in [0, 0.1) is 6.92 Å². The van der Waals surface area contributed by atoms with Gasteiger partial charge in [-0.3, -0.25) is 4.79 Å². The third kappa shape index (κ3) is 3.03. The van der Waals surface area contributed by atoms with Crippen LogP contribution < -0.4 is 0 Å². The monoisotopic (exact) mass is 336 g/mol. The van der Waals surface area contributed by atoms with E-state index >= 15 is 0 Å². The van der Waals surface area contributed by atoms with Gasteiger partial charge in [0.25, 0.3) is 5.91 Å². The van der Waals surface area contributed by atoms with Crippen molar-refractivity contribution in [2.24, 2.45) is 0 Å². The molecule has 1 fully saturated rings. The highest BCUT2D eigenvalue weighted by Gasteiger charge is 2.32. The van der Waals surface area contributed by atoms with Crippen LogP contribution in [0.4, 0.5) is 0 Å². The largest absolute Gasteiger partial charge is 0.449 e. The third-order valence-corrected chi connectivity index (χ3v) is 4.59. The van der Waals surface area contributed by atoms with Crippen LogP contribution in [-0.4, -0.2) is 35.0 Å². The highest BCUT2D eigenvalue weighted by molar-refractivity contribution is 5.95. The number of hydrogen-bond acceptors (Lipinski definition) is 4. The van der Waals surface area contributed by atoms with Gasteiger partial charge in [0.2, 0.25) is 0 Å². The Balaban J connectivity index is 1.60. The Kier molecular flexibility index (Phi) is 4.01. The third-order valence-electron chi connectivity index (χ3n) is 4.59. The van der Waals surface area contributed by atoms with E-state index in [1.165, 1.54) is 0 Å². The summed E-state index contributed by atoms with van der Waals surface area (Å²) in [7, 11) is 0. The lowest BCUT2D eigenvalue weighted by Crippen LogP contribution is -2.48. The molecule has 5 heteroatoms. The summed E-state index contributed by atoms with van der Waals surface area (Å²) in [6, 6.07) is 15.4. The summed E-state index contributed by atoms with van der Waals surface area (Å²) in [6.07, 6.45) is -0.119. The number of pyridine rings is 1. The molecule has 1 aromatic carbocycles. The molecule has 5 nitrogen and oxygen atoms in total. The number of hydrogen-bond donors (Lipinski definition) is 0. The zero-order chi connectivity index (χ0) is 17.4. The van der Waals surface area contributed by atoms with E-state index in [0.717, 1.165) is 11.3 Å². The second-order valence-electron chi connectivity index (χ2n) is 6.49. The molecule has 0 N–H and O–H groups in total. The van der Waals surface area contributed by atoms with Gasteiger partial charge in [-0.25, -0.2) is 4.98 Å². The maximum atomic E-state index is 13.0. The number of ether oxygens (including phenoxy) is 1. The summed E-state index contributed by atoms with van der Waals surface area (Å²) in [4.78, 5) is 19.2. The molecule has 3 heterocycles. The topological polar surface area (TPSA) is 55.6 Å². The lowest BCUT2D eigenvalue weighted by molar-refractivity contribution is -0.0494. The highest BCUT2D eigenvalue weighted by Crippen LogP contribution is 2.27. The number of nitrogens with zero attached hydrogens (tertiary/aromatic N) is 2. The van der Waals surface area contributed by atoms with Gasteiger partial charge in [0.15, 0.2) is 11.3 Å². The van der Waals surface area contributed by atoms with Gasteiger partial charge in [0, 0.05) is 11.8 Å². The van der Waals surface area contributed by atoms with Gasteiger partial charge < -0.3 is 14.1 Å². The first-order valence-electron chi connectivity index (χ1n) is 8.46. The molecule has 2 aromatic heterocycles. The average molecular weight is 336 g/mol. The van der Waals surface area contributed by atoms with Gasteiger partial charge in [-0.15, -0.1) is 0 Å². The SMILES string of the molecule is Cc1ccc2oc(C(=O)N3C[C@H](c4ccccc4)OC[C@H]3C)cc2n1. The summed E-state index contributed by atoms with van der Waals surface area (Å²) < 4.78 is 11.7. The second-order valence-corrected chi connectivity index (χ2v) is 6.49. The van der Waals surface area contributed by atoms with Crippen LogP contribution in [0.25, 0.3) is 11.1 Å². The highest BCUT2D eigenvalue weighted by atomic mass is 16.5. The van der Waals surface area contributed by atoms with Crippen LogP contribution in [-0.2, 0) is 4.74 Å². The summed E-state index contributed by atoms with van der Waals surface area (Å²) >= 11 is 0. The molecular weight excluding hydrogens is 316 g/mol. The molecule has 1 saturated heterocycles. The summed E-state index contributed by atoms with van der Waals surface area (Å²) in [5.74, 6) is 0.209. The number of amides is 1. The molecule has 0 unspecified atom stereocenters. The van der Waals surface area contributed by atoms with Gasteiger partial charge in [0.1, 0.15) is 11.6 Å². The number of carbonyl (C=O) groups is 1. The molecule has 0 spiro atoms. The molecule has 0 aliphatic carbocycles. The fraction of sp³-hybridized carbons (Fsp3) is 0.300. The Hall–Kier alpha value is -2.66. The van der Waals surface area contributed by atoms with E-state index < -0.39 is 0 Å². The van der Waals surface area contributed by atoms with Gasteiger partial charge in [-0.05, 0) is 31.5 Å². The lowest BCUT2D eigenvalue weighted by atomic mass is 10.1. The van der Waals surface area contributed by atoms with E-state index in [1.54, 1.807) is 6.07 Å². The number of aryl methyl sites for hydroxylation is 1. The van der Waals surface area contributed by atoms with Crippen molar-refractivity contribution in [3.63, 3.8) is 0 Å². The first-order valence-corrected chi connectivity index (χ1v) is 8.46. The predicted octanol–water partition coefficient (Wildman–Crippen LogP) is 3.74. The number of benzene rings is 1. The van der Waals surface area contributed by atoms with Gasteiger partial charge >= 0.3 is 0 Å². The van der Waals surface area contributed by atoms with E-state index in [4.69, 9.17) is 9.15 Å². The molecule has 0 radical (unpaired) electrons. The maximum Gasteiger partial charge on any atom is 0.290 e. The van der Waals surface area contributed by atoms with Gasteiger partial charge in [0.05, 0.1) is 19.2 Å². The van der Waals surface area contributed by atoms with Crippen molar-refractivity contribution >= 4 is 17.0 Å². The van der Waals surface area contributed by atoms with Crippen molar-refractivity contribution in [2.45, 2.75) is 26.0 Å². The Labute approximate surface area is 146 Å². The van der Waals surface area contributed by atoms with Crippen LogP contribution in [0.5, 0.6) is 0 Å². The molecule has 2 atom stereocenters. The number of morpholine rings is 1. The standard InChI is InChI=1S/C20H20N2O3/c1-13-8-9-17-16(21-13)10-18(25-17)20(23)22-11-19(24-12-14(22)2)15-6-4-3-5-7-15/h3-10,14,19H,11-12H2,1-2H3/t14-,19-/m1/s1. The number of furan rings is 1. The average Bonchev–Trinajstić information content (AvgIpc) is 3.05. The van der Waals surface area contributed by atoms with E-state index in [0.29, 0.717) is 30.0 Å². The predicted molar refractivity (Wildman–Crippen MR) is 94.4 cm³/mol. The molecular formula is C20H20N2O3. The van der Waals surface area contributed by atoms with Crippen LogP contribution in [0.3, 0.4) is 0 Å². The van der Waals surface area contributed by atoms with Crippen LogP contribution in [0.1, 0.15) is 34.8 Å². The molecule has 3 aromatic rings. The molecule has 1 aliphatic heterocycles. The first kappa shape index (κ1) is 15.8. The number of rotatable bonds is 2. The first-order chi connectivity index (χ1) is 12.1. The van der Waals surface area contributed by atoms with E-state index in [9.17, 15) is 4.79 Å². The fourth-order valence-corrected chi connectivity index (χ4v) is 3.18. The van der Waals surface area contributed by atoms with E-state index in [1.807, 2.05) is 61.2 Å². The molecule has 0 saturated carbocycles.